The first kappa shape index (κ1) is 12.2. The third kappa shape index (κ3) is 2.36. The first-order chi connectivity index (χ1) is 9.40. The highest BCUT2D eigenvalue weighted by molar-refractivity contribution is 5.62. The van der Waals surface area contributed by atoms with Crippen molar-refractivity contribution in [2.75, 3.05) is 24.5 Å². The fourth-order valence-electron chi connectivity index (χ4n) is 2.95. The lowest BCUT2D eigenvalue weighted by Gasteiger charge is -2.19. The van der Waals surface area contributed by atoms with E-state index in [9.17, 15) is 0 Å². The number of hydrogen-bond donors (Lipinski definition) is 1. The standard InChI is InChI=1S/C17H20N2/c18-11-6-12-19-13-16(14-7-2-1-3-8-14)15-9-4-5-10-17(15)19/h1-5,7-10,16H,6,11-13,18H2. The van der Waals surface area contributed by atoms with Gasteiger partial charge < -0.3 is 10.6 Å². The Hall–Kier alpha value is -1.80. The van der Waals surface area contributed by atoms with Crippen molar-refractivity contribution in [3.8, 4) is 0 Å². The number of hydrogen-bond acceptors (Lipinski definition) is 2. The molecule has 0 saturated carbocycles. The second-order valence-corrected chi connectivity index (χ2v) is 5.11. The van der Waals surface area contributed by atoms with E-state index < -0.39 is 0 Å². The van der Waals surface area contributed by atoms with Crippen LogP contribution in [0.3, 0.4) is 0 Å². The van der Waals surface area contributed by atoms with Gasteiger partial charge in [-0.3, -0.25) is 0 Å². The van der Waals surface area contributed by atoms with E-state index in [1.54, 1.807) is 0 Å². The summed E-state index contributed by atoms with van der Waals surface area (Å²) in [7, 11) is 0. The van der Waals surface area contributed by atoms with Crippen molar-refractivity contribution in [3.63, 3.8) is 0 Å². The molecule has 0 aromatic heterocycles. The Morgan fingerprint density at radius 3 is 2.53 bits per heavy atom. The first-order valence-electron chi connectivity index (χ1n) is 6.99. The Balaban J connectivity index is 1.92. The zero-order chi connectivity index (χ0) is 13.1. The average molecular weight is 252 g/mol. The number of benzene rings is 2. The van der Waals surface area contributed by atoms with Crippen LogP contribution in [0.2, 0.25) is 0 Å². The molecular formula is C17H20N2. The summed E-state index contributed by atoms with van der Waals surface area (Å²) in [5.41, 5.74) is 9.88. The van der Waals surface area contributed by atoms with Crippen LogP contribution < -0.4 is 10.6 Å². The molecule has 2 aromatic rings. The lowest BCUT2D eigenvalue weighted by molar-refractivity contribution is 0.729. The monoisotopic (exact) mass is 252 g/mol. The third-order valence-corrected chi connectivity index (χ3v) is 3.89. The molecule has 2 heteroatoms. The largest absolute Gasteiger partial charge is 0.370 e. The van der Waals surface area contributed by atoms with Crippen LogP contribution in [0.15, 0.2) is 54.6 Å². The van der Waals surface area contributed by atoms with Gasteiger partial charge in [-0.15, -0.1) is 0 Å². The molecule has 3 rings (SSSR count). The van der Waals surface area contributed by atoms with E-state index in [-0.39, 0.29) is 0 Å². The summed E-state index contributed by atoms with van der Waals surface area (Å²) >= 11 is 0. The molecule has 98 valence electrons. The Kier molecular flexibility index (Phi) is 3.51. The molecule has 1 aliphatic heterocycles. The Morgan fingerprint density at radius 2 is 1.74 bits per heavy atom. The van der Waals surface area contributed by atoms with Gasteiger partial charge in [0.15, 0.2) is 0 Å². The normalized spacial score (nSPS) is 17.5. The summed E-state index contributed by atoms with van der Waals surface area (Å²) in [6.45, 7) is 2.88. The van der Waals surface area contributed by atoms with Crippen molar-refractivity contribution in [2.24, 2.45) is 5.73 Å². The van der Waals surface area contributed by atoms with Crippen LogP contribution in [0, 0.1) is 0 Å². The fourth-order valence-corrected chi connectivity index (χ4v) is 2.95. The molecule has 1 heterocycles. The van der Waals surface area contributed by atoms with E-state index in [0.717, 1.165) is 26.1 Å². The van der Waals surface area contributed by atoms with Crippen molar-refractivity contribution in [1.29, 1.82) is 0 Å². The van der Waals surface area contributed by atoms with Crippen LogP contribution in [-0.4, -0.2) is 19.6 Å². The molecule has 0 spiro atoms. The minimum atomic E-state index is 0.496. The van der Waals surface area contributed by atoms with Gasteiger partial charge in [-0.1, -0.05) is 48.5 Å². The van der Waals surface area contributed by atoms with Gasteiger partial charge in [0, 0.05) is 24.7 Å². The molecule has 1 aliphatic rings. The van der Waals surface area contributed by atoms with Crippen LogP contribution in [0.1, 0.15) is 23.5 Å². The van der Waals surface area contributed by atoms with E-state index in [1.807, 2.05) is 0 Å². The first-order valence-corrected chi connectivity index (χ1v) is 6.99. The van der Waals surface area contributed by atoms with E-state index in [0.29, 0.717) is 5.92 Å². The van der Waals surface area contributed by atoms with Gasteiger partial charge >= 0.3 is 0 Å². The molecule has 2 N–H and O–H groups in total. The summed E-state index contributed by atoms with van der Waals surface area (Å²) in [4.78, 5) is 2.47. The molecule has 0 aliphatic carbocycles. The maximum absolute atomic E-state index is 5.65. The second kappa shape index (κ2) is 5.45. The van der Waals surface area contributed by atoms with Gasteiger partial charge in [0.25, 0.3) is 0 Å². The number of rotatable bonds is 4. The molecule has 0 saturated heterocycles. The van der Waals surface area contributed by atoms with Crippen molar-refractivity contribution in [2.45, 2.75) is 12.3 Å². The summed E-state index contributed by atoms with van der Waals surface area (Å²) < 4.78 is 0. The number of anilines is 1. The van der Waals surface area contributed by atoms with E-state index in [4.69, 9.17) is 5.73 Å². The number of nitrogens with zero attached hydrogens (tertiary/aromatic N) is 1. The highest BCUT2D eigenvalue weighted by Crippen LogP contribution is 2.39. The summed E-state index contributed by atoms with van der Waals surface area (Å²) in [6, 6.07) is 19.5. The quantitative estimate of drug-likeness (QED) is 0.906. The third-order valence-electron chi connectivity index (χ3n) is 3.89. The number of para-hydroxylation sites is 1. The molecule has 19 heavy (non-hydrogen) atoms. The molecule has 0 fully saturated rings. The smallest absolute Gasteiger partial charge is 0.0406 e. The maximum atomic E-state index is 5.65. The predicted octanol–water partition coefficient (Wildman–Crippen LogP) is 2.99. The zero-order valence-electron chi connectivity index (χ0n) is 11.1. The zero-order valence-corrected chi connectivity index (χ0v) is 11.1. The van der Waals surface area contributed by atoms with Gasteiger partial charge in [-0.2, -0.15) is 0 Å². The lowest BCUT2D eigenvalue weighted by atomic mass is 9.93. The van der Waals surface area contributed by atoms with Crippen LogP contribution in [0.5, 0.6) is 0 Å². The van der Waals surface area contributed by atoms with Crippen LogP contribution in [0.4, 0.5) is 5.69 Å². The fraction of sp³-hybridized carbons (Fsp3) is 0.294. The Morgan fingerprint density at radius 1 is 1.00 bits per heavy atom. The highest BCUT2D eigenvalue weighted by Gasteiger charge is 2.28. The minimum absolute atomic E-state index is 0.496. The molecular weight excluding hydrogens is 232 g/mol. The topological polar surface area (TPSA) is 29.3 Å². The number of nitrogens with two attached hydrogens (primary N) is 1. The van der Waals surface area contributed by atoms with Crippen LogP contribution in [-0.2, 0) is 0 Å². The minimum Gasteiger partial charge on any atom is -0.370 e. The SMILES string of the molecule is NCCCN1CC(c2ccccc2)c2ccccc21. The summed E-state index contributed by atoms with van der Waals surface area (Å²) in [5.74, 6) is 0.496. The Labute approximate surface area is 114 Å². The van der Waals surface area contributed by atoms with E-state index in [1.165, 1.54) is 16.8 Å². The van der Waals surface area contributed by atoms with Crippen molar-refractivity contribution >= 4 is 5.69 Å². The van der Waals surface area contributed by atoms with Crippen molar-refractivity contribution < 1.29 is 0 Å². The average Bonchev–Trinajstić information content (AvgIpc) is 2.85. The Bertz CT molecular complexity index is 536. The molecule has 1 unspecified atom stereocenters. The highest BCUT2D eigenvalue weighted by atomic mass is 15.2. The molecule has 2 nitrogen and oxygen atoms in total. The molecule has 0 amide bonds. The summed E-state index contributed by atoms with van der Waals surface area (Å²) in [6.07, 6.45) is 1.05. The van der Waals surface area contributed by atoms with Gasteiger partial charge in [-0.25, -0.2) is 0 Å². The van der Waals surface area contributed by atoms with Gasteiger partial charge in [0.05, 0.1) is 0 Å². The van der Waals surface area contributed by atoms with E-state index >= 15 is 0 Å². The molecule has 0 bridgehead atoms. The van der Waals surface area contributed by atoms with Gasteiger partial charge in [0.2, 0.25) is 0 Å². The van der Waals surface area contributed by atoms with Crippen LogP contribution >= 0.6 is 0 Å². The van der Waals surface area contributed by atoms with Gasteiger partial charge in [0.1, 0.15) is 0 Å². The molecule has 0 radical (unpaired) electrons. The summed E-state index contributed by atoms with van der Waals surface area (Å²) in [5, 5.41) is 0. The molecule has 1 atom stereocenters. The van der Waals surface area contributed by atoms with Crippen molar-refractivity contribution in [1.82, 2.24) is 0 Å². The lowest BCUT2D eigenvalue weighted by Crippen LogP contribution is -2.25. The van der Waals surface area contributed by atoms with Crippen molar-refractivity contribution in [3.05, 3.63) is 65.7 Å². The number of fused-ring (bicyclic) bond motifs is 1. The predicted molar refractivity (Wildman–Crippen MR) is 80.6 cm³/mol. The molecule has 2 aromatic carbocycles. The van der Waals surface area contributed by atoms with Gasteiger partial charge in [-0.05, 0) is 30.2 Å². The van der Waals surface area contributed by atoms with E-state index in [2.05, 4.69) is 59.5 Å². The van der Waals surface area contributed by atoms with Crippen LogP contribution in [0.25, 0.3) is 0 Å². The maximum Gasteiger partial charge on any atom is 0.0406 e. The second-order valence-electron chi connectivity index (χ2n) is 5.11.